The molecule has 0 spiro atoms. The molecular weight excluding hydrogens is 334 g/mol. The number of hydrogen-bond donors (Lipinski definition) is 1. The Morgan fingerprint density at radius 2 is 2.11 bits per heavy atom. The van der Waals surface area contributed by atoms with Crippen molar-refractivity contribution in [1.82, 2.24) is 0 Å². The summed E-state index contributed by atoms with van der Waals surface area (Å²) in [5.41, 5.74) is 6.00. The van der Waals surface area contributed by atoms with Crippen LogP contribution in [0.3, 0.4) is 0 Å². The van der Waals surface area contributed by atoms with Gasteiger partial charge in [-0.25, -0.2) is 0 Å². The minimum Gasteiger partial charge on any atom is -0.483 e. The van der Waals surface area contributed by atoms with E-state index in [0.717, 1.165) is 14.4 Å². The van der Waals surface area contributed by atoms with Crippen LogP contribution in [0.5, 0.6) is 5.75 Å². The second-order valence-corrected chi connectivity index (χ2v) is 6.93. The Kier molecular flexibility index (Phi) is 4.67. The fourth-order valence-electron chi connectivity index (χ4n) is 1.59. The van der Waals surface area contributed by atoms with Crippen LogP contribution in [0.15, 0.2) is 40.2 Å². The summed E-state index contributed by atoms with van der Waals surface area (Å²) in [4.78, 5) is 1.09. The molecule has 0 amide bonds. The standard InChI is InChI=1S/C13H13BrClNOS/c1-8(16)13(11-5-6-12(14)18-11)17-10-4-2-3-9(15)7-10/h2-8,13H,16H2,1H3. The monoisotopic (exact) mass is 345 g/mol. The highest BCUT2D eigenvalue weighted by molar-refractivity contribution is 9.11. The Labute approximate surface area is 124 Å². The highest BCUT2D eigenvalue weighted by atomic mass is 79.9. The smallest absolute Gasteiger partial charge is 0.148 e. The minimum absolute atomic E-state index is 0.102. The third kappa shape index (κ3) is 3.48. The molecule has 1 aromatic carbocycles. The first-order chi connectivity index (χ1) is 8.56. The molecule has 1 heterocycles. The fourth-order valence-corrected chi connectivity index (χ4v) is 3.34. The van der Waals surface area contributed by atoms with E-state index in [9.17, 15) is 0 Å². The van der Waals surface area contributed by atoms with Gasteiger partial charge in [0, 0.05) is 15.9 Å². The normalized spacial score (nSPS) is 14.2. The summed E-state index contributed by atoms with van der Waals surface area (Å²) in [6.07, 6.45) is -0.167. The quantitative estimate of drug-likeness (QED) is 0.876. The predicted octanol–water partition coefficient (Wildman–Crippen LogP) is 4.63. The van der Waals surface area contributed by atoms with Crippen molar-refractivity contribution in [3.63, 3.8) is 0 Å². The molecule has 2 aromatic rings. The summed E-state index contributed by atoms with van der Waals surface area (Å²) in [7, 11) is 0. The molecule has 2 rings (SSSR count). The van der Waals surface area contributed by atoms with E-state index < -0.39 is 0 Å². The van der Waals surface area contributed by atoms with E-state index in [4.69, 9.17) is 22.1 Å². The molecule has 5 heteroatoms. The van der Waals surface area contributed by atoms with Gasteiger partial charge in [-0.05, 0) is 53.2 Å². The van der Waals surface area contributed by atoms with Crippen molar-refractivity contribution in [3.05, 3.63) is 50.1 Å². The average molecular weight is 347 g/mol. The van der Waals surface area contributed by atoms with Gasteiger partial charge in [-0.15, -0.1) is 11.3 Å². The van der Waals surface area contributed by atoms with Crippen molar-refractivity contribution < 1.29 is 4.74 Å². The number of ether oxygens (including phenoxy) is 1. The maximum atomic E-state index is 6.00. The van der Waals surface area contributed by atoms with Crippen LogP contribution in [-0.4, -0.2) is 6.04 Å². The highest BCUT2D eigenvalue weighted by Crippen LogP contribution is 2.32. The molecule has 0 saturated carbocycles. The van der Waals surface area contributed by atoms with Gasteiger partial charge in [-0.3, -0.25) is 0 Å². The molecule has 1 aromatic heterocycles. The van der Waals surface area contributed by atoms with Crippen LogP contribution < -0.4 is 10.5 Å². The Hall–Kier alpha value is -0.550. The van der Waals surface area contributed by atoms with Crippen LogP contribution in [0.25, 0.3) is 0 Å². The maximum absolute atomic E-state index is 6.00. The molecule has 0 aliphatic carbocycles. The number of hydrogen-bond acceptors (Lipinski definition) is 3. The van der Waals surface area contributed by atoms with Gasteiger partial charge in [-0.1, -0.05) is 17.7 Å². The van der Waals surface area contributed by atoms with E-state index in [1.165, 1.54) is 0 Å². The summed E-state index contributed by atoms with van der Waals surface area (Å²) >= 11 is 11.0. The maximum Gasteiger partial charge on any atom is 0.148 e. The molecule has 0 aliphatic heterocycles. The lowest BCUT2D eigenvalue weighted by Gasteiger charge is -2.21. The second kappa shape index (κ2) is 6.06. The molecular formula is C13H13BrClNOS. The Balaban J connectivity index is 2.22. The Morgan fingerprint density at radius 1 is 1.33 bits per heavy atom. The van der Waals surface area contributed by atoms with Crippen molar-refractivity contribution >= 4 is 38.9 Å². The molecule has 0 bridgehead atoms. The Morgan fingerprint density at radius 3 is 2.67 bits per heavy atom. The lowest BCUT2D eigenvalue weighted by atomic mass is 10.1. The summed E-state index contributed by atoms with van der Waals surface area (Å²) in [6, 6.07) is 11.3. The zero-order valence-electron chi connectivity index (χ0n) is 9.77. The first kappa shape index (κ1) is 13.9. The lowest BCUT2D eigenvalue weighted by molar-refractivity contribution is 0.184. The van der Waals surface area contributed by atoms with Crippen molar-refractivity contribution in [1.29, 1.82) is 0 Å². The van der Waals surface area contributed by atoms with Crippen molar-refractivity contribution in [2.24, 2.45) is 5.73 Å². The van der Waals surface area contributed by atoms with E-state index in [-0.39, 0.29) is 12.1 Å². The van der Waals surface area contributed by atoms with E-state index in [1.807, 2.05) is 37.3 Å². The van der Waals surface area contributed by atoms with Gasteiger partial charge in [0.05, 0.1) is 3.79 Å². The van der Waals surface area contributed by atoms with Crippen LogP contribution in [-0.2, 0) is 0 Å². The zero-order valence-corrected chi connectivity index (χ0v) is 12.9. The number of benzene rings is 1. The van der Waals surface area contributed by atoms with E-state index in [2.05, 4.69) is 15.9 Å². The molecule has 0 aliphatic rings. The van der Waals surface area contributed by atoms with E-state index in [1.54, 1.807) is 17.4 Å². The first-order valence-corrected chi connectivity index (χ1v) is 7.48. The Bertz CT molecular complexity index is 529. The van der Waals surface area contributed by atoms with Crippen molar-refractivity contribution in [2.45, 2.75) is 19.1 Å². The fraction of sp³-hybridized carbons (Fsp3) is 0.231. The van der Waals surface area contributed by atoms with Crippen LogP contribution >= 0.6 is 38.9 Å². The van der Waals surface area contributed by atoms with Gasteiger partial charge >= 0.3 is 0 Å². The third-order valence-electron chi connectivity index (χ3n) is 2.41. The van der Waals surface area contributed by atoms with Gasteiger partial charge in [0.2, 0.25) is 0 Å². The number of rotatable bonds is 4. The number of halogens is 2. The third-order valence-corrected chi connectivity index (χ3v) is 4.33. The average Bonchev–Trinajstić information content (AvgIpc) is 2.72. The molecule has 18 heavy (non-hydrogen) atoms. The molecule has 2 unspecified atom stereocenters. The van der Waals surface area contributed by atoms with Gasteiger partial charge in [0.1, 0.15) is 11.9 Å². The second-order valence-electron chi connectivity index (χ2n) is 4.00. The largest absolute Gasteiger partial charge is 0.483 e. The summed E-state index contributed by atoms with van der Waals surface area (Å²) in [5, 5.41) is 0.656. The minimum atomic E-state index is -0.167. The van der Waals surface area contributed by atoms with E-state index in [0.29, 0.717) is 5.02 Å². The molecule has 2 atom stereocenters. The molecule has 0 radical (unpaired) electrons. The van der Waals surface area contributed by atoms with Gasteiger partial charge in [0.25, 0.3) is 0 Å². The summed E-state index contributed by atoms with van der Waals surface area (Å²) in [5.74, 6) is 0.731. The first-order valence-electron chi connectivity index (χ1n) is 5.49. The van der Waals surface area contributed by atoms with Crippen molar-refractivity contribution in [3.8, 4) is 5.75 Å². The molecule has 0 saturated heterocycles. The molecule has 96 valence electrons. The predicted molar refractivity (Wildman–Crippen MR) is 80.5 cm³/mol. The van der Waals surface area contributed by atoms with Crippen LogP contribution in [0.2, 0.25) is 5.02 Å². The van der Waals surface area contributed by atoms with E-state index >= 15 is 0 Å². The SMILES string of the molecule is CC(N)C(Oc1cccc(Cl)c1)c1ccc(Br)s1. The summed E-state index contributed by atoms with van der Waals surface area (Å²) < 4.78 is 7.00. The zero-order chi connectivity index (χ0) is 13.1. The summed E-state index contributed by atoms with van der Waals surface area (Å²) in [6.45, 7) is 1.93. The van der Waals surface area contributed by atoms with Crippen LogP contribution in [0.1, 0.15) is 17.9 Å². The van der Waals surface area contributed by atoms with Crippen molar-refractivity contribution in [2.75, 3.05) is 0 Å². The molecule has 2 nitrogen and oxygen atoms in total. The number of thiophene rings is 1. The highest BCUT2D eigenvalue weighted by Gasteiger charge is 2.20. The topological polar surface area (TPSA) is 35.2 Å². The number of nitrogens with two attached hydrogens (primary N) is 1. The van der Waals surface area contributed by atoms with Crippen LogP contribution in [0, 0.1) is 0 Å². The van der Waals surface area contributed by atoms with Gasteiger partial charge in [-0.2, -0.15) is 0 Å². The molecule has 0 fully saturated rings. The van der Waals surface area contributed by atoms with Gasteiger partial charge in [0.15, 0.2) is 0 Å². The lowest BCUT2D eigenvalue weighted by Crippen LogP contribution is -2.28. The van der Waals surface area contributed by atoms with Crippen LogP contribution in [0.4, 0.5) is 0 Å². The molecule has 2 N–H and O–H groups in total. The van der Waals surface area contributed by atoms with Gasteiger partial charge < -0.3 is 10.5 Å².